The van der Waals surface area contributed by atoms with Crippen LogP contribution in [0.5, 0.6) is 5.75 Å². The summed E-state index contributed by atoms with van der Waals surface area (Å²) in [6.45, 7) is 5.85. The lowest BCUT2D eigenvalue weighted by molar-refractivity contribution is 0.0490. The molecule has 0 saturated heterocycles. The van der Waals surface area contributed by atoms with Gasteiger partial charge in [-0.05, 0) is 37.3 Å². The molecule has 3 aromatic rings. The summed E-state index contributed by atoms with van der Waals surface area (Å²) in [5.41, 5.74) is 1.65. The fourth-order valence-corrected chi connectivity index (χ4v) is 2.84. The molecule has 138 valence electrons. The van der Waals surface area contributed by atoms with Crippen LogP contribution in [0, 0.1) is 0 Å². The number of pyridine rings is 1. The van der Waals surface area contributed by atoms with Crippen LogP contribution in [-0.4, -0.2) is 24.7 Å². The third-order valence-electron chi connectivity index (χ3n) is 4.23. The minimum atomic E-state index is -0.491. The molecule has 6 nitrogen and oxygen atoms in total. The largest absolute Gasteiger partial charge is 0.496 e. The lowest BCUT2D eigenvalue weighted by Gasteiger charge is -2.21. The Morgan fingerprint density at radius 1 is 1.26 bits per heavy atom. The molecule has 0 unspecified atom stereocenters. The summed E-state index contributed by atoms with van der Waals surface area (Å²) in [6, 6.07) is 9.92. The van der Waals surface area contributed by atoms with Crippen LogP contribution in [0.25, 0.3) is 11.0 Å². The summed E-state index contributed by atoms with van der Waals surface area (Å²) in [5, 5.41) is 0.746. The van der Waals surface area contributed by atoms with Crippen molar-refractivity contribution in [2.45, 2.75) is 12.8 Å². The second-order valence-electron chi connectivity index (χ2n) is 6.09. The molecule has 0 spiro atoms. The van der Waals surface area contributed by atoms with Crippen LogP contribution in [0.1, 0.15) is 28.8 Å². The monoisotopic (exact) mass is 365 g/mol. The van der Waals surface area contributed by atoms with E-state index < -0.39 is 17.5 Å². The van der Waals surface area contributed by atoms with Gasteiger partial charge in [-0.3, -0.25) is 4.98 Å². The molecule has 2 heterocycles. The van der Waals surface area contributed by atoms with Gasteiger partial charge in [-0.2, -0.15) is 0 Å². The number of ether oxygens (including phenoxy) is 2. The first-order chi connectivity index (χ1) is 13.0. The Bertz CT molecular complexity index is 1040. The van der Waals surface area contributed by atoms with Gasteiger partial charge >= 0.3 is 11.6 Å². The van der Waals surface area contributed by atoms with Gasteiger partial charge < -0.3 is 13.9 Å². The summed E-state index contributed by atoms with van der Waals surface area (Å²) in [6.07, 6.45) is 3.02. The van der Waals surface area contributed by atoms with Crippen molar-refractivity contribution in [1.82, 2.24) is 4.98 Å². The summed E-state index contributed by atoms with van der Waals surface area (Å²) >= 11 is 0. The smallest absolute Gasteiger partial charge is 0.339 e. The van der Waals surface area contributed by atoms with E-state index in [0.29, 0.717) is 22.5 Å². The second-order valence-corrected chi connectivity index (χ2v) is 6.09. The molecule has 0 bridgehead atoms. The zero-order valence-corrected chi connectivity index (χ0v) is 15.1. The van der Waals surface area contributed by atoms with E-state index in [2.05, 4.69) is 11.6 Å². The Labute approximate surface area is 156 Å². The number of carbonyl (C=O) groups is 1. The van der Waals surface area contributed by atoms with Gasteiger partial charge in [0.2, 0.25) is 0 Å². The highest BCUT2D eigenvalue weighted by atomic mass is 16.5. The molecule has 6 heteroatoms. The van der Waals surface area contributed by atoms with Crippen molar-refractivity contribution in [3.05, 3.63) is 82.5 Å². The summed E-state index contributed by atoms with van der Waals surface area (Å²) in [4.78, 5) is 28.0. The Balaban J connectivity index is 2.00. The highest BCUT2D eigenvalue weighted by Gasteiger charge is 2.24. The predicted molar refractivity (Wildman–Crippen MR) is 101 cm³/mol. The Morgan fingerprint density at radius 3 is 2.70 bits per heavy atom. The minimum Gasteiger partial charge on any atom is -0.496 e. The van der Waals surface area contributed by atoms with Gasteiger partial charge in [0.05, 0.1) is 12.7 Å². The third-order valence-corrected chi connectivity index (χ3v) is 4.23. The quantitative estimate of drug-likeness (QED) is 0.376. The molecule has 0 fully saturated rings. The number of hydrogen-bond acceptors (Lipinski definition) is 6. The van der Waals surface area contributed by atoms with E-state index in [-0.39, 0.29) is 6.61 Å². The Kier molecular flexibility index (Phi) is 5.35. The van der Waals surface area contributed by atoms with Crippen molar-refractivity contribution >= 4 is 16.9 Å². The first-order valence-corrected chi connectivity index (χ1v) is 8.34. The molecule has 0 amide bonds. The number of hydrogen-bond donors (Lipinski definition) is 0. The van der Waals surface area contributed by atoms with Crippen molar-refractivity contribution in [1.29, 1.82) is 0 Å². The predicted octanol–water partition coefficient (Wildman–Crippen LogP) is 3.71. The fraction of sp³-hybridized carbons (Fsp3) is 0.190. The van der Waals surface area contributed by atoms with Gasteiger partial charge in [-0.1, -0.05) is 12.2 Å². The van der Waals surface area contributed by atoms with Gasteiger partial charge in [-0.15, -0.1) is 0 Å². The number of benzene rings is 1. The number of methoxy groups -OCH3 is 1. The molecule has 2 aromatic heterocycles. The van der Waals surface area contributed by atoms with Crippen LogP contribution < -0.4 is 10.4 Å². The van der Waals surface area contributed by atoms with E-state index >= 15 is 0 Å². The zero-order chi connectivity index (χ0) is 19.4. The van der Waals surface area contributed by atoms with Gasteiger partial charge in [-0.25, -0.2) is 9.59 Å². The Hall–Kier alpha value is -3.41. The molecule has 1 aromatic carbocycles. The highest BCUT2D eigenvalue weighted by Crippen LogP contribution is 2.37. The number of carbonyl (C=O) groups excluding carboxylic acids is 1. The van der Waals surface area contributed by atoms with Gasteiger partial charge in [0.25, 0.3) is 0 Å². The maximum absolute atomic E-state index is 12.3. The molecular formula is C21H19NO5. The average molecular weight is 365 g/mol. The van der Waals surface area contributed by atoms with E-state index in [1.54, 1.807) is 36.5 Å². The molecule has 0 N–H and O–H groups in total. The van der Waals surface area contributed by atoms with E-state index in [9.17, 15) is 9.59 Å². The van der Waals surface area contributed by atoms with E-state index in [0.717, 1.165) is 11.0 Å². The maximum Gasteiger partial charge on any atom is 0.339 e. The summed E-state index contributed by atoms with van der Waals surface area (Å²) in [5.74, 6) is -0.368. The third kappa shape index (κ3) is 3.89. The topological polar surface area (TPSA) is 78.6 Å². The molecule has 3 rings (SSSR count). The van der Waals surface area contributed by atoms with Crippen LogP contribution in [-0.2, 0) is 4.74 Å². The number of rotatable bonds is 6. The van der Waals surface area contributed by atoms with Crippen molar-refractivity contribution in [3.8, 4) is 5.75 Å². The van der Waals surface area contributed by atoms with Gasteiger partial charge in [0, 0.05) is 35.3 Å². The van der Waals surface area contributed by atoms with Crippen molar-refractivity contribution < 1.29 is 18.7 Å². The number of nitrogens with zero attached hydrogens (tertiary/aromatic N) is 1. The molecule has 0 aliphatic rings. The van der Waals surface area contributed by atoms with Gasteiger partial charge in [0.15, 0.2) is 0 Å². The Morgan fingerprint density at radius 2 is 2.04 bits per heavy atom. The number of aromatic nitrogens is 1. The lowest BCUT2D eigenvalue weighted by Crippen LogP contribution is -2.15. The van der Waals surface area contributed by atoms with Crippen molar-refractivity contribution in [2.24, 2.45) is 0 Å². The van der Waals surface area contributed by atoms with E-state index in [4.69, 9.17) is 13.9 Å². The standard InChI is InChI=1S/C21H19NO5/c1-13(2)16(12-26-21(24)15-5-4-10-22-11-15)19-17(25-3)8-6-14-7-9-18(23)27-20(14)19/h4-11,16H,1,12H2,2-3H3/t16-/m0/s1. The van der Waals surface area contributed by atoms with E-state index in [1.165, 1.54) is 19.4 Å². The average Bonchev–Trinajstić information content (AvgIpc) is 2.68. The van der Waals surface area contributed by atoms with Gasteiger partial charge in [0.1, 0.15) is 17.9 Å². The number of fused-ring (bicyclic) bond motifs is 1. The summed E-state index contributed by atoms with van der Waals surface area (Å²) < 4.78 is 16.4. The number of esters is 1. The normalized spacial score (nSPS) is 11.8. The maximum atomic E-state index is 12.3. The van der Waals surface area contributed by atoms with Crippen LogP contribution in [0.15, 0.2) is 70.2 Å². The zero-order valence-electron chi connectivity index (χ0n) is 15.1. The first kappa shape index (κ1) is 18.4. The molecule has 0 aliphatic carbocycles. The lowest BCUT2D eigenvalue weighted by atomic mass is 9.91. The van der Waals surface area contributed by atoms with Crippen LogP contribution >= 0.6 is 0 Å². The van der Waals surface area contributed by atoms with E-state index in [1.807, 2.05) is 6.92 Å². The van der Waals surface area contributed by atoms with Crippen molar-refractivity contribution in [2.75, 3.05) is 13.7 Å². The minimum absolute atomic E-state index is 0.0249. The van der Waals surface area contributed by atoms with Crippen LogP contribution in [0.4, 0.5) is 0 Å². The SMILES string of the molecule is C=C(C)[C@H](COC(=O)c1cccnc1)c1c(OC)ccc2ccc(=O)oc12. The first-order valence-electron chi connectivity index (χ1n) is 8.34. The second kappa shape index (κ2) is 7.86. The fourth-order valence-electron chi connectivity index (χ4n) is 2.84. The highest BCUT2D eigenvalue weighted by molar-refractivity contribution is 5.89. The molecule has 0 aliphatic heterocycles. The molecular weight excluding hydrogens is 346 g/mol. The molecule has 0 saturated carbocycles. The van der Waals surface area contributed by atoms with Crippen LogP contribution in [0.2, 0.25) is 0 Å². The summed E-state index contributed by atoms with van der Waals surface area (Å²) in [7, 11) is 1.53. The molecule has 0 radical (unpaired) electrons. The van der Waals surface area contributed by atoms with Crippen molar-refractivity contribution in [3.63, 3.8) is 0 Å². The molecule has 27 heavy (non-hydrogen) atoms. The molecule has 1 atom stereocenters. The van der Waals surface area contributed by atoms with Crippen LogP contribution in [0.3, 0.4) is 0 Å².